The first-order chi connectivity index (χ1) is 12.6. The minimum atomic E-state index is -0.477. The molecular formula is C19H35IN6O2. The Hall–Kier alpha value is -1.52. The summed E-state index contributed by atoms with van der Waals surface area (Å²) >= 11 is 0. The van der Waals surface area contributed by atoms with Gasteiger partial charge in [-0.25, -0.2) is 4.79 Å². The normalized spacial score (nSPS) is 14.3. The number of carbonyl (C=O) groups excluding carboxylic acids is 1. The number of amides is 1. The molecule has 0 aliphatic heterocycles. The molecule has 1 fully saturated rings. The summed E-state index contributed by atoms with van der Waals surface area (Å²) < 4.78 is 7.41. The van der Waals surface area contributed by atoms with Gasteiger partial charge in [0, 0.05) is 51.0 Å². The van der Waals surface area contributed by atoms with Crippen molar-refractivity contribution in [3.63, 3.8) is 0 Å². The molecule has 1 aromatic rings. The Bertz CT molecular complexity index is 691. The van der Waals surface area contributed by atoms with Gasteiger partial charge >= 0.3 is 6.09 Å². The smallest absolute Gasteiger partial charge is 0.410 e. The van der Waals surface area contributed by atoms with Gasteiger partial charge in [0.05, 0.1) is 5.69 Å². The molecule has 0 saturated heterocycles. The summed E-state index contributed by atoms with van der Waals surface area (Å²) in [7, 11) is 3.69. The summed E-state index contributed by atoms with van der Waals surface area (Å²) in [5, 5.41) is 11.0. The Morgan fingerprint density at radius 2 is 1.96 bits per heavy atom. The van der Waals surface area contributed by atoms with Crippen LogP contribution in [0, 0.1) is 13.8 Å². The number of rotatable bonds is 6. The van der Waals surface area contributed by atoms with Crippen LogP contribution in [0.3, 0.4) is 0 Å². The van der Waals surface area contributed by atoms with Gasteiger partial charge in [-0.1, -0.05) is 0 Å². The van der Waals surface area contributed by atoms with Gasteiger partial charge in [0.2, 0.25) is 0 Å². The highest BCUT2D eigenvalue weighted by Gasteiger charge is 2.34. The van der Waals surface area contributed by atoms with Gasteiger partial charge in [-0.2, -0.15) is 5.10 Å². The molecule has 160 valence electrons. The van der Waals surface area contributed by atoms with E-state index in [0.29, 0.717) is 31.6 Å². The third kappa shape index (κ3) is 7.14. The van der Waals surface area contributed by atoms with E-state index < -0.39 is 5.60 Å². The molecule has 1 saturated carbocycles. The van der Waals surface area contributed by atoms with Crippen molar-refractivity contribution in [3.8, 4) is 0 Å². The fourth-order valence-electron chi connectivity index (χ4n) is 2.89. The monoisotopic (exact) mass is 506 g/mol. The highest BCUT2D eigenvalue weighted by atomic mass is 127. The summed E-state index contributed by atoms with van der Waals surface area (Å²) in [6, 6.07) is 0.303. The summed E-state index contributed by atoms with van der Waals surface area (Å²) in [5.41, 5.74) is 2.85. The number of aliphatic imine (C=N–C) groups is 1. The number of aryl methyl sites for hydroxylation is 2. The van der Waals surface area contributed by atoms with E-state index in [4.69, 9.17) is 4.74 Å². The molecule has 0 unspecified atom stereocenters. The van der Waals surface area contributed by atoms with Gasteiger partial charge < -0.3 is 20.3 Å². The zero-order chi connectivity index (χ0) is 20.2. The molecule has 1 aliphatic rings. The lowest BCUT2D eigenvalue weighted by atomic mass is 10.2. The molecular weight excluding hydrogens is 471 g/mol. The predicted molar refractivity (Wildman–Crippen MR) is 122 cm³/mol. The maximum Gasteiger partial charge on any atom is 0.410 e. The topological polar surface area (TPSA) is 83.8 Å². The van der Waals surface area contributed by atoms with E-state index in [1.165, 1.54) is 5.56 Å². The number of aromatic nitrogens is 2. The zero-order valence-electron chi connectivity index (χ0n) is 18.1. The summed E-state index contributed by atoms with van der Waals surface area (Å²) in [6.45, 7) is 11.6. The Morgan fingerprint density at radius 1 is 1.32 bits per heavy atom. The number of guanidine groups is 1. The minimum absolute atomic E-state index is 0. The van der Waals surface area contributed by atoms with Crippen LogP contribution in [0.15, 0.2) is 4.99 Å². The van der Waals surface area contributed by atoms with Crippen molar-refractivity contribution in [1.29, 1.82) is 0 Å². The first-order valence-corrected chi connectivity index (χ1v) is 9.55. The SMILES string of the molecule is CN=C(NCCN(C(=O)OC(C)(C)C)C1CC1)NCc1c(C)nn(C)c1C.I. The first-order valence-electron chi connectivity index (χ1n) is 9.55. The van der Waals surface area contributed by atoms with Crippen LogP contribution in [0.4, 0.5) is 4.79 Å². The second-order valence-electron chi connectivity index (χ2n) is 8.03. The maximum absolute atomic E-state index is 12.4. The van der Waals surface area contributed by atoms with Gasteiger partial charge in [-0.3, -0.25) is 9.67 Å². The molecule has 1 amide bonds. The van der Waals surface area contributed by atoms with Crippen molar-refractivity contribution in [2.75, 3.05) is 20.1 Å². The van der Waals surface area contributed by atoms with Crippen LogP contribution in [0.5, 0.6) is 0 Å². The Balaban J connectivity index is 0.00000392. The third-order valence-electron chi connectivity index (χ3n) is 4.58. The van der Waals surface area contributed by atoms with Crippen molar-refractivity contribution in [2.24, 2.45) is 12.0 Å². The van der Waals surface area contributed by atoms with Crippen molar-refractivity contribution in [1.82, 2.24) is 25.3 Å². The number of ether oxygens (including phenoxy) is 1. The van der Waals surface area contributed by atoms with E-state index in [-0.39, 0.29) is 30.1 Å². The largest absolute Gasteiger partial charge is 0.444 e. The van der Waals surface area contributed by atoms with Crippen molar-refractivity contribution < 1.29 is 9.53 Å². The van der Waals surface area contributed by atoms with Gasteiger partial charge in [-0.05, 0) is 47.5 Å². The summed E-state index contributed by atoms with van der Waals surface area (Å²) in [6.07, 6.45) is 1.86. The second kappa shape index (κ2) is 10.3. The van der Waals surface area contributed by atoms with Crippen LogP contribution < -0.4 is 10.6 Å². The molecule has 0 aromatic carbocycles. The highest BCUT2D eigenvalue weighted by Crippen LogP contribution is 2.28. The van der Waals surface area contributed by atoms with E-state index in [1.54, 1.807) is 7.05 Å². The summed E-state index contributed by atoms with van der Waals surface area (Å²) in [5.74, 6) is 0.706. The summed E-state index contributed by atoms with van der Waals surface area (Å²) in [4.78, 5) is 18.5. The lowest BCUT2D eigenvalue weighted by Crippen LogP contribution is -2.45. The number of halogens is 1. The zero-order valence-corrected chi connectivity index (χ0v) is 20.5. The number of nitrogens with one attached hydrogen (secondary N) is 2. The molecule has 1 aliphatic carbocycles. The third-order valence-corrected chi connectivity index (χ3v) is 4.58. The van der Waals surface area contributed by atoms with E-state index in [2.05, 4.69) is 27.6 Å². The molecule has 9 heteroatoms. The fourth-order valence-corrected chi connectivity index (χ4v) is 2.89. The number of hydrogen-bond acceptors (Lipinski definition) is 4. The lowest BCUT2D eigenvalue weighted by Gasteiger charge is -2.27. The van der Waals surface area contributed by atoms with Crippen LogP contribution in [0.2, 0.25) is 0 Å². The number of nitrogens with zero attached hydrogens (tertiary/aromatic N) is 4. The van der Waals surface area contributed by atoms with E-state index in [0.717, 1.165) is 24.2 Å². The molecule has 0 bridgehead atoms. The first kappa shape index (κ1) is 24.5. The van der Waals surface area contributed by atoms with E-state index in [1.807, 2.05) is 44.3 Å². The maximum atomic E-state index is 12.4. The molecule has 8 nitrogen and oxygen atoms in total. The van der Waals surface area contributed by atoms with Gasteiger partial charge in [0.1, 0.15) is 5.60 Å². The minimum Gasteiger partial charge on any atom is -0.444 e. The standard InChI is InChI=1S/C19H34N6O2.HI/c1-13-16(14(2)24(7)23-13)12-22-17(20-6)21-10-11-25(15-8-9-15)18(26)27-19(3,4)5;/h15H,8-12H2,1-7H3,(H2,20,21,22);1H. The Labute approximate surface area is 185 Å². The lowest BCUT2D eigenvalue weighted by molar-refractivity contribution is 0.0238. The molecule has 2 N–H and O–H groups in total. The van der Waals surface area contributed by atoms with E-state index >= 15 is 0 Å². The van der Waals surface area contributed by atoms with Crippen molar-refractivity contribution in [3.05, 3.63) is 17.0 Å². The quantitative estimate of drug-likeness (QED) is 0.352. The number of carbonyl (C=O) groups is 1. The van der Waals surface area contributed by atoms with Crippen molar-refractivity contribution >= 4 is 36.0 Å². The van der Waals surface area contributed by atoms with Crippen LogP contribution in [0.25, 0.3) is 0 Å². The van der Waals surface area contributed by atoms with Crippen LogP contribution in [0.1, 0.15) is 50.6 Å². The Morgan fingerprint density at radius 3 is 2.43 bits per heavy atom. The Kier molecular flexibility index (Phi) is 9.03. The second-order valence-corrected chi connectivity index (χ2v) is 8.03. The average molecular weight is 506 g/mol. The molecule has 2 rings (SSSR count). The van der Waals surface area contributed by atoms with Gasteiger partial charge in [-0.15, -0.1) is 24.0 Å². The molecule has 0 atom stereocenters. The predicted octanol–water partition coefficient (Wildman–Crippen LogP) is 2.72. The van der Waals surface area contributed by atoms with Crippen molar-refractivity contribution in [2.45, 2.75) is 65.6 Å². The highest BCUT2D eigenvalue weighted by molar-refractivity contribution is 14.0. The van der Waals surface area contributed by atoms with Gasteiger partial charge in [0.25, 0.3) is 0 Å². The molecule has 0 spiro atoms. The molecule has 1 heterocycles. The van der Waals surface area contributed by atoms with E-state index in [9.17, 15) is 4.79 Å². The van der Waals surface area contributed by atoms with Crippen LogP contribution in [-0.4, -0.2) is 58.5 Å². The number of hydrogen-bond donors (Lipinski definition) is 2. The molecule has 28 heavy (non-hydrogen) atoms. The van der Waals surface area contributed by atoms with Crippen LogP contribution >= 0.6 is 24.0 Å². The molecule has 0 radical (unpaired) electrons. The molecule has 1 aromatic heterocycles. The fraction of sp³-hybridized carbons (Fsp3) is 0.737. The average Bonchev–Trinajstić information content (AvgIpc) is 3.35. The van der Waals surface area contributed by atoms with Gasteiger partial charge in [0.15, 0.2) is 5.96 Å². The van der Waals surface area contributed by atoms with Crippen LogP contribution in [-0.2, 0) is 18.3 Å².